The Kier molecular flexibility index (Phi) is 6.24. The van der Waals surface area contributed by atoms with Crippen LogP contribution in [0.3, 0.4) is 0 Å². The van der Waals surface area contributed by atoms with E-state index in [0.29, 0.717) is 26.2 Å². The topological polar surface area (TPSA) is 58.4 Å². The van der Waals surface area contributed by atoms with Crippen LogP contribution in [0, 0.1) is 0 Å². The van der Waals surface area contributed by atoms with Crippen LogP contribution in [0.1, 0.15) is 50.6 Å². The number of hydrogen-bond acceptors (Lipinski definition) is 3. The van der Waals surface area contributed by atoms with Crippen molar-refractivity contribution in [3.8, 4) is 0 Å². The van der Waals surface area contributed by atoms with Crippen molar-refractivity contribution < 1.29 is 0 Å². The Balaban J connectivity index is 1.09. The molecule has 55 heavy (non-hydrogen) atoms. The Labute approximate surface area is 317 Å². The van der Waals surface area contributed by atoms with Crippen molar-refractivity contribution in [2.24, 2.45) is 0 Å². The van der Waals surface area contributed by atoms with Gasteiger partial charge in [-0.2, -0.15) is 10.2 Å². The monoisotopic (exact) mass is 709 g/mol. The zero-order valence-electron chi connectivity index (χ0n) is 30.1. The molecule has 0 fully saturated rings. The lowest BCUT2D eigenvalue weighted by molar-refractivity contribution is 0.662. The molecule has 2 aliphatic rings. The highest BCUT2D eigenvalue weighted by Crippen LogP contribution is 2.55. The molecule has 7 nitrogen and oxygen atoms in total. The van der Waals surface area contributed by atoms with Crippen molar-refractivity contribution in [1.82, 2.24) is 33.7 Å². The van der Waals surface area contributed by atoms with Crippen LogP contribution in [-0.2, 0) is 31.6 Å². The van der Waals surface area contributed by atoms with Gasteiger partial charge >= 0.3 is 0 Å². The first-order valence-electron chi connectivity index (χ1n) is 19.0. The first-order chi connectivity index (χ1) is 27.2. The summed E-state index contributed by atoms with van der Waals surface area (Å²) in [6, 6.07) is 48.0. The van der Waals surface area contributed by atoms with Crippen LogP contribution in [0.15, 0.2) is 152 Å². The lowest BCUT2D eigenvalue weighted by Gasteiger charge is -2.34. The SMILES string of the molecule is C=Cc1cn(Cc2cccc(Cn3cc(C45c6c(cccc6Cn6nc4c4ccccc46)Cn4nc5c5ccccc54)c4ccccc43)n2)c2ccccc12. The number of nitrogens with zero attached hydrogens (tertiary/aromatic N) is 7. The van der Waals surface area contributed by atoms with Gasteiger partial charge in [-0.25, -0.2) is 0 Å². The quantitative estimate of drug-likeness (QED) is 0.173. The molecule has 7 heteroatoms. The van der Waals surface area contributed by atoms with E-state index in [0.717, 1.165) is 55.7 Å². The summed E-state index contributed by atoms with van der Waals surface area (Å²) in [6.45, 7) is 6.74. The first kappa shape index (κ1) is 30.5. The maximum absolute atomic E-state index is 5.58. The maximum atomic E-state index is 5.58. The Morgan fingerprint density at radius 2 is 1.02 bits per heavy atom. The summed E-state index contributed by atoms with van der Waals surface area (Å²) in [5, 5.41) is 15.9. The standard InChI is InChI=1S/C48H35N7/c1-2-31-25-52(41-21-7-3-17-36(31)41)28-34-15-12-16-35(49-34)29-53-30-40(37-18-4-8-22-42(37)53)48-45-32(26-54-43-23-9-5-19-38(43)46(48)50-54)13-11-14-33(45)27-55-44-24-10-6-20-39(44)47(48)51-55/h2-25,30H,1,26-29H2. The Morgan fingerprint density at radius 1 is 0.527 bits per heavy atom. The second-order valence-electron chi connectivity index (χ2n) is 15.0. The van der Waals surface area contributed by atoms with Crippen molar-refractivity contribution in [3.05, 3.63) is 203 Å². The third-order valence-corrected chi connectivity index (χ3v) is 12.0. The zero-order valence-corrected chi connectivity index (χ0v) is 30.1. The number of rotatable bonds is 6. The van der Waals surface area contributed by atoms with Gasteiger partial charge in [-0.3, -0.25) is 14.3 Å². The third kappa shape index (κ3) is 4.18. The molecule has 0 unspecified atom stereocenters. The van der Waals surface area contributed by atoms with E-state index in [1.165, 1.54) is 38.5 Å². The minimum atomic E-state index is -0.785. The maximum Gasteiger partial charge on any atom is 0.112 e. The van der Waals surface area contributed by atoms with E-state index < -0.39 is 5.41 Å². The average Bonchev–Trinajstić information content (AvgIpc) is 3.93. The molecule has 0 amide bonds. The molecule has 262 valence electrons. The molecule has 10 aromatic rings. The van der Waals surface area contributed by atoms with Gasteiger partial charge < -0.3 is 9.13 Å². The van der Waals surface area contributed by atoms with Crippen molar-refractivity contribution in [3.63, 3.8) is 0 Å². The van der Waals surface area contributed by atoms with Gasteiger partial charge in [0.05, 0.1) is 60.0 Å². The van der Waals surface area contributed by atoms with E-state index in [4.69, 9.17) is 15.2 Å². The Hall–Kier alpha value is -6.99. The molecule has 5 aromatic heterocycles. The molecule has 0 aliphatic carbocycles. The van der Waals surface area contributed by atoms with Gasteiger partial charge in [0.2, 0.25) is 0 Å². The van der Waals surface area contributed by atoms with Gasteiger partial charge in [0, 0.05) is 50.5 Å². The fourth-order valence-electron chi connectivity index (χ4n) is 9.81. The number of pyridine rings is 1. The molecular formula is C48H35N7. The van der Waals surface area contributed by atoms with Crippen molar-refractivity contribution in [2.45, 2.75) is 31.6 Å². The lowest BCUT2D eigenvalue weighted by atomic mass is 9.65. The van der Waals surface area contributed by atoms with Gasteiger partial charge in [0.1, 0.15) is 5.41 Å². The summed E-state index contributed by atoms with van der Waals surface area (Å²) < 4.78 is 9.08. The summed E-state index contributed by atoms with van der Waals surface area (Å²) in [7, 11) is 0. The van der Waals surface area contributed by atoms with Crippen LogP contribution in [0.25, 0.3) is 49.7 Å². The van der Waals surface area contributed by atoms with Gasteiger partial charge in [-0.05, 0) is 58.7 Å². The lowest BCUT2D eigenvalue weighted by Crippen LogP contribution is -2.33. The molecular weight excluding hydrogens is 675 g/mol. The van der Waals surface area contributed by atoms with Gasteiger partial charge in [-0.15, -0.1) is 0 Å². The number of para-hydroxylation sites is 4. The van der Waals surface area contributed by atoms with E-state index in [2.05, 4.69) is 171 Å². The molecule has 12 rings (SSSR count). The fraction of sp³-hybridized carbons (Fsp3) is 0.104. The van der Waals surface area contributed by atoms with Crippen molar-refractivity contribution in [1.29, 1.82) is 0 Å². The van der Waals surface area contributed by atoms with Gasteiger partial charge in [-0.1, -0.05) is 110 Å². The van der Waals surface area contributed by atoms with E-state index in [1.807, 2.05) is 6.08 Å². The van der Waals surface area contributed by atoms with Crippen LogP contribution in [-0.4, -0.2) is 33.7 Å². The van der Waals surface area contributed by atoms with Crippen LogP contribution in [0.4, 0.5) is 0 Å². The molecule has 7 heterocycles. The number of benzene rings is 5. The van der Waals surface area contributed by atoms with Crippen LogP contribution >= 0.6 is 0 Å². The minimum absolute atomic E-state index is 0.619. The second kappa shape index (κ2) is 11.3. The molecule has 4 bridgehead atoms. The summed E-state index contributed by atoms with van der Waals surface area (Å²) in [5.74, 6) is 0. The fourth-order valence-corrected chi connectivity index (χ4v) is 9.81. The second-order valence-corrected chi connectivity index (χ2v) is 15.0. The molecule has 2 aliphatic heterocycles. The molecule has 0 N–H and O–H groups in total. The largest absolute Gasteiger partial charge is 0.341 e. The van der Waals surface area contributed by atoms with Crippen LogP contribution in [0.2, 0.25) is 0 Å². The van der Waals surface area contributed by atoms with E-state index in [-0.39, 0.29) is 0 Å². The number of hydrogen-bond donors (Lipinski definition) is 0. The average molecular weight is 710 g/mol. The summed E-state index contributed by atoms with van der Waals surface area (Å²) >= 11 is 0. The number of aromatic nitrogens is 7. The molecule has 0 atom stereocenters. The Bertz CT molecular complexity index is 3100. The normalized spacial score (nSPS) is 14.0. The van der Waals surface area contributed by atoms with Gasteiger partial charge in [0.25, 0.3) is 0 Å². The first-order valence-corrected chi connectivity index (χ1v) is 19.0. The van der Waals surface area contributed by atoms with Crippen molar-refractivity contribution in [2.75, 3.05) is 0 Å². The van der Waals surface area contributed by atoms with Crippen molar-refractivity contribution >= 4 is 49.7 Å². The predicted octanol–water partition coefficient (Wildman–Crippen LogP) is 9.54. The van der Waals surface area contributed by atoms with E-state index >= 15 is 0 Å². The highest BCUT2D eigenvalue weighted by atomic mass is 15.3. The molecule has 5 aromatic carbocycles. The molecule has 0 saturated carbocycles. The summed E-state index contributed by atoms with van der Waals surface area (Å²) in [6.07, 6.45) is 6.49. The molecule has 0 saturated heterocycles. The number of fused-ring (bicyclic) bond motifs is 14. The minimum Gasteiger partial charge on any atom is -0.341 e. The summed E-state index contributed by atoms with van der Waals surface area (Å²) in [4.78, 5) is 5.27. The highest BCUT2D eigenvalue weighted by molar-refractivity contribution is 5.96. The smallest absolute Gasteiger partial charge is 0.112 e. The van der Waals surface area contributed by atoms with E-state index in [1.54, 1.807) is 0 Å². The summed E-state index contributed by atoms with van der Waals surface area (Å²) in [5.41, 5.74) is 14.1. The predicted molar refractivity (Wildman–Crippen MR) is 220 cm³/mol. The molecule has 0 spiro atoms. The Morgan fingerprint density at radius 3 is 1.62 bits per heavy atom. The van der Waals surface area contributed by atoms with Crippen LogP contribution < -0.4 is 0 Å². The highest BCUT2D eigenvalue weighted by Gasteiger charge is 2.51. The molecule has 0 radical (unpaired) electrons. The van der Waals surface area contributed by atoms with Crippen LogP contribution in [0.5, 0.6) is 0 Å². The zero-order chi connectivity index (χ0) is 36.3. The third-order valence-electron chi connectivity index (χ3n) is 12.0. The van der Waals surface area contributed by atoms with Gasteiger partial charge in [0.15, 0.2) is 0 Å². The van der Waals surface area contributed by atoms with E-state index in [9.17, 15) is 0 Å².